The van der Waals surface area contributed by atoms with Crippen molar-refractivity contribution in [2.75, 3.05) is 0 Å². The summed E-state index contributed by atoms with van der Waals surface area (Å²) in [5.41, 5.74) is 4.49. The molecule has 0 radical (unpaired) electrons. The van der Waals surface area contributed by atoms with E-state index in [-0.39, 0.29) is 6.04 Å². The van der Waals surface area contributed by atoms with E-state index in [2.05, 4.69) is 21.7 Å². The molecule has 1 atom stereocenters. The molecule has 0 saturated heterocycles. The van der Waals surface area contributed by atoms with Gasteiger partial charge in [0.15, 0.2) is 0 Å². The van der Waals surface area contributed by atoms with Crippen molar-refractivity contribution >= 4 is 34.8 Å². The summed E-state index contributed by atoms with van der Waals surface area (Å²) >= 11 is 19.4. The second kappa shape index (κ2) is 8.83. The summed E-state index contributed by atoms with van der Waals surface area (Å²) in [5, 5.41) is 6.43. The highest BCUT2D eigenvalue weighted by molar-refractivity contribution is 6.36. The van der Waals surface area contributed by atoms with Gasteiger partial charge >= 0.3 is 0 Å². The van der Waals surface area contributed by atoms with Gasteiger partial charge in [-0.3, -0.25) is 0 Å². The van der Waals surface area contributed by atoms with Crippen LogP contribution in [0, 0.1) is 0 Å². The molecule has 0 spiro atoms. The molecule has 0 aliphatic rings. The minimum absolute atomic E-state index is 0.162. The largest absolute Gasteiger partial charge is 0.326 e. The lowest BCUT2D eigenvalue weighted by molar-refractivity contribution is 0.678. The Morgan fingerprint density at radius 1 is 0.812 bits per heavy atom. The Kier molecular flexibility index (Phi) is 5.75. The molecular formula is C25H17Cl3N4. The first-order chi connectivity index (χ1) is 15.6. The van der Waals surface area contributed by atoms with E-state index < -0.39 is 0 Å². The molecule has 158 valence electrons. The lowest BCUT2D eigenvalue weighted by atomic mass is 9.96. The molecule has 3 aromatic carbocycles. The second-order valence-electron chi connectivity index (χ2n) is 7.26. The predicted octanol–water partition coefficient (Wildman–Crippen LogP) is 7.33. The maximum absolute atomic E-state index is 6.67. The lowest BCUT2D eigenvalue weighted by Crippen LogP contribution is -2.12. The van der Waals surface area contributed by atoms with Gasteiger partial charge < -0.3 is 4.57 Å². The normalized spacial score (nSPS) is 12.1. The van der Waals surface area contributed by atoms with Crippen molar-refractivity contribution in [2.24, 2.45) is 0 Å². The van der Waals surface area contributed by atoms with Gasteiger partial charge in [0, 0.05) is 33.6 Å². The summed E-state index contributed by atoms with van der Waals surface area (Å²) in [5.74, 6) is 0. The maximum Gasteiger partial charge on any atom is 0.0954 e. The van der Waals surface area contributed by atoms with E-state index in [0.29, 0.717) is 15.1 Å². The Hall–Kier alpha value is -3.05. The van der Waals surface area contributed by atoms with Gasteiger partial charge in [-0.15, -0.1) is 0 Å². The minimum Gasteiger partial charge on any atom is -0.326 e. The highest BCUT2D eigenvalue weighted by Crippen LogP contribution is 2.39. The quantitative estimate of drug-likeness (QED) is 0.264. The number of hydrogen-bond donors (Lipinski definition) is 0. The van der Waals surface area contributed by atoms with E-state index in [1.807, 2.05) is 65.6 Å². The van der Waals surface area contributed by atoms with Gasteiger partial charge in [-0.2, -0.15) is 5.10 Å². The monoisotopic (exact) mass is 478 g/mol. The van der Waals surface area contributed by atoms with Crippen LogP contribution in [0.15, 0.2) is 97.7 Å². The zero-order valence-corrected chi connectivity index (χ0v) is 19.0. The van der Waals surface area contributed by atoms with Crippen LogP contribution in [0.25, 0.3) is 16.9 Å². The van der Waals surface area contributed by atoms with Crippen LogP contribution in [0.3, 0.4) is 0 Å². The smallest absolute Gasteiger partial charge is 0.0954 e. The predicted molar refractivity (Wildman–Crippen MR) is 130 cm³/mol. The van der Waals surface area contributed by atoms with Crippen molar-refractivity contribution in [3.05, 3.63) is 124 Å². The van der Waals surface area contributed by atoms with Gasteiger partial charge in [0.25, 0.3) is 0 Å². The van der Waals surface area contributed by atoms with E-state index in [9.17, 15) is 0 Å². The van der Waals surface area contributed by atoms with Crippen molar-refractivity contribution in [1.29, 1.82) is 0 Å². The zero-order chi connectivity index (χ0) is 22.1. The Morgan fingerprint density at radius 3 is 2.31 bits per heavy atom. The second-order valence-corrected chi connectivity index (χ2v) is 8.51. The van der Waals surface area contributed by atoms with Crippen LogP contribution in [0.1, 0.15) is 17.2 Å². The van der Waals surface area contributed by atoms with Crippen LogP contribution >= 0.6 is 34.8 Å². The Morgan fingerprint density at radius 2 is 1.59 bits per heavy atom. The molecule has 0 N–H and O–H groups in total. The maximum atomic E-state index is 6.67. The molecule has 5 rings (SSSR count). The van der Waals surface area contributed by atoms with E-state index in [1.165, 1.54) is 0 Å². The summed E-state index contributed by atoms with van der Waals surface area (Å²) in [4.78, 5) is 4.28. The Bertz CT molecular complexity index is 1360. The fourth-order valence-corrected chi connectivity index (χ4v) is 4.60. The standard InChI is InChI=1S/C25H17Cl3N4/c26-18-10-11-23(22(28)14-18)32-25(19-8-4-5-9-21(19)27)20(15-30-32)24(31-13-12-29-16-31)17-6-2-1-3-7-17/h1-16,24H. The van der Waals surface area contributed by atoms with Gasteiger partial charge in [0.05, 0.1) is 35.0 Å². The van der Waals surface area contributed by atoms with E-state index in [0.717, 1.165) is 28.1 Å². The van der Waals surface area contributed by atoms with Crippen molar-refractivity contribution in [3.8, 4) is 16.9 Å². The third-order valence-corrected chi connectivity index (χ3v) is 6.16. The molecule has 2 heterocycles. The topological polar surface area (TPSA) is 35.6 Å². The number of imidazole rings is 1. The van der Waals surface area contributed by atoms with Gasteiger partial charge in [0.1, 0.15) is 0 Å². The number of benzene rings is 3. The zero-order valence-electron chi connectivity index (χ0n) is 16.7. The van der Waals surface area contributed by atoms with Crippen LogP contribution in [0.2, 0.25) is 15.1 Å². The molecule has 0 aliphatic carbocycles. The molecule has 4 nitrogen and oxygen atoms in total. The van der Waals surface area contributed by atoms with Crippen molar-refractivity contribution < 1.29 is 0 Å². The molecule has 0 aliphatic heterocycles. The molecule has 0 saturated carbocycles. The van der Waals surface area contributed by atoms with Crippen LogP contribution in [0.5, 0.6) is 0 Å². The Labute approximate surface area is 200 Å². The summed E-state index contributed by atoms with van der Waals surface area (Å²) in [6, 6.07) is 23.2. The molecule has 7 heteroatoms. The lowest BCUT2D eigenvalue weighted by Gasteiger charge is -2.21. The third kappa shape index (κ3) is 3.82. The molecule has 1 unspecified atom stereocenters. The van der Waals surface area contributed by atoms with Crippen LogP contribution in [-0.2, 0) is 0 Å². The molecule has 5 aromatic rings. The van der Waals surface area contributed by atoms with E-state index >= 15 is 0 Å². The number of aromatic nitrogens is 4. The van der Waals surface area contributed by atoms with Crippen LogP contribution in [-0.4, -0.2) is 19.3 Å². The molecule has 0 bridgehead atoms. The highest BCUT2D eigenvalue weighted by Gasteiger charge is 2.26. The van der Waals surface area contributed by atoms with Crippen molar-refractivity contribution in [2.45, 2.75) is 6.04 Å². The summed E-state index contributed by atoms with van der Waals surface area (Å²) in [6.45, 7) is 0. The van der Waals surface area contributed by atoms with Gasteiger partial charge in [-0.1, -0.05) is 83.3 Å². The number of halogens is 3. The van der Waals surface area contributed by atoms with Crippen LogP contribution < -0.4 is 0 Å². The van der Waals surface area contributed by atoms with Gasteiger partial charge in [-0.05, 0) is 29.8 Å². The number of rotatable bonds is 5. The van der Waals surface area contributed by atoms with Gasteiger partial charge in [0.2, 0.25) is 0 Å². The molecular weight excluding hydrogens is 463 g/mol. The average Bonchev–Trinajstić information content (AvgIpc) is 3.47. The number of hydrogen-bond acceptors (Lipinski definition) is 2. The SMILES string of the molecule is Clc1ccc(-n2ncc(C(c3ccccc3)n3ccnc3)c2-c2ccccc2Cl)c(Cl)c1. The van der Waals surface area contributed by atoms with Gasteiger partial charge in [-0.25, -0.2) is 9.67 Å². The first kappa shape index (κ1) is 20.8. The van der Waals surface area contributed by atoms with Crippen LogP contribution in [0.4, 0.5) is 0 Å². The molecule has 0 fully saturated rings. The highest BCUT2D eigenvalue weighted by atomic mass is 35.5. The molecule has 0 amide bonds. The van der Waals surface area contributed by atoms with E-state index in [1.54, 1.807) is 24.7 Å². The summed E-state index contributed by atoms with van der Waals surface area (Å²) in [6.07, 6.45) is 7.38. The average molecular weight is 480 g/mol. The molecule has 32 heavy (non-hydrogen) atoms. The molecule has 2 aromatic heterocycles. The van der Waals surface area contributed by atoms with Crippen molar-refractivity contribution in [1.82, 2.24) is 19.3 Å². The van der Waals surface area contributed by atoms with E-state index in [4.69, 9.17) is 39.9 Å². The fraction of sp³-hybridized carbons (Fsp3) is 0.0400. The first-order valence-corrected chi connectivity index (χ1v) is 11.1. The third-order valence-electron chi connectivity index (χ3n) is 5.30. The fourth-order valence-electron chi connectivity index (χ4n) is 3.89. The summed E-state index contributed by atoms with van der Waals surface area (Å²) < 4.78 is 3.88. The first-order valence-electron chi connectivity index (χ1n) is 9.94. The van der Waals surface area contributed by atoms with Crippen molar-refractivity contribution in [3.63, 3.8) is 0 Å². The number of nitrogens with zero attached hydrogens (tertiary/aromatic N) is 4. The summed E-state index contributed by atoms with van der Waals surface area (Å²) in [7, 11) is 0. The minimum atomic E-state index is -0.162. The Balaban J connectivity index is 1.81.